The van der Waals surface area contributed by atoms with Gasteiger partial charge in [-0.1, -0.05) is 0 Å². The molecule has 2 heterocycles. The van der Waals surface area contributed by atoms with E-state index in [-0.39, 0.29) is 17.6 Å². The summed E-state index contributed by atoms with van der Waals surface area (Å²) in [6, 6.07) is 2.96. The molecule has 0 aliphatic rings. The Kier molecular flexibility index (Phi) is 4.09. The van der Waals surface area contributed by atoms with Crippen LogP contribution in [-0.4, -0.2) is 27.0 Å². The monoisotopic (exact) mass is 291 g/mol. The number of amides is 1. The van der Waals surface area contributed by atoms with Crippen molar-refractivity contribution in [3.05, 3.63) is 45.7 Å². The number of thiazole rings is 1. The van der Waals surface area contributed by atoms with E-state index in [1.165, 1.54) is 16.7 Å². The van der Waals surface area contributed by atoms with Crippen molar-refractivity contribution in [3.63, 3.8) is 0 Å². The van der Waals surface area contributed by atoms with E-state index >= 15 is 0 Å². The lowest BCUT2D eigenvalue weighted by Gasteiger charge is -2.11. The molecule has 6 nitrogen and oxygen atoms in total. The smallest absolute Gasteiger partial charge is 0.355 e. The fourth-order valence-electron chi connectivity index (χ4n) is 1.61. The van der Waals surface area contributed by atoms with Gasteiger partial charge in [-0.2, -0.15) is 0 Å². The number of carboxylic acid groups (broad SMARTS) is 1. The standard InChI is InChI=1S/C13H13N3O3S/c1-7-5-9(3-4-14-7)11(17)15-8(2)12-16-10(6-20-12)13(18)19/h3-6,8H,1-2H3,(H,15,17)(H,18,19). The molecule has 0 radical (unpaired) electrons. The van der Waals surface area contributed by atoms with Gasteiger partial charge in [0, 0.05) is 22.8 Å². The van der Waals surface area contributed by atoms with Crippen molar-refractivity contribution in [2.45, 2.75) is 19.9 Å². The highest BCUT2D eigenvalue weighted by molar-refractivity contribution is 7.09. The molecule has 1 unspecified atom stereocenters. The van der Waals surface area contributed by atoms with Crippen LogP contribution >= 0.6 is 11.3 Å². The largest absolute Gasteiger partial charge is 0.476 e. The van der Waals surface area contributed by atoms with Crippen molar-refractivity contribution in [2.75, 3.05) is 0 Å². The molecule has 1 atom stereocenters. The Hall–Kier alpha value is -2.28. The van der Waals surface area contributed by atoms with E-state index in [0.717, 1.165) is 5.69 Å². The summed E-state index contributed by atoms with van der Waals surface area (Å²) in [7, 11) is 0. The molecule has 0 fully saturated rings. The van der Waals surface area contributed by atoms with Crippen LogP contribution in [0.2, 0.25) is 0 Å². The predicted molar refractivity (Wildman–Crippen MR) is 73.9 cm³/mol. The van der Waals surface area contributed by atoms with Crippen LogP contribution in [0.25, 0.3) is 0 Å². The summed E-state index contributed by atoms with van der Waals surface area (Å²) in [5.41, 5.74) is 1.26. The average molecular weight is 291 g/mol. The third-order valence-electron chi connectivity index (χ3n) is 2.62. The van der Waals surface area contributed by atoms with Crippen molar-refractivity contribution in [1.82, 2.24) is 15.3 Å². The zero-order valence-corrected chi connectivity index (χ0v) is 11.8. The highest BCUT2D eigenvalue weighted by Gasteiger charge is 2.16. The van der Waals surface area contributed by atoms with Crippen molar-refractivity contribution in [2.24, 2.45) is 0 Å². The van der Waals surface area contributed by atoms with Crippen LogP contribution in [0.4, 0.5) is 0 Å². The molecule has 2 N–H and O–H groups in total. The van der Waals surface area contributed by atoms with E-state index in [9.17, 15) is 9.59 Å². The average Bonchev–Trinajstić information content (AvgIpc) is 2.88. The molecule has 0 bridgehead atoms. The number of aromatic carboxylic acids is 1. The van der Waals surface area contributed by atoms with Gasteiger partial charge in [0.2, 0.25) is 0 Å². The molecule has 104 valence electrons. The summed E-state index contributed by atoms with van der Waals surface area (Å²) in [5, 5.41) is 13.6. The minimum atomic E-state index is -1.07. The maximum absolute atomic E-state index is 12.0. The minimum Gasteiger partial charge on any atom is -0.476 e. The number of nitrogens with zero attached hydrogens (tertiary/aromatic N) is 2. The Morgan fingerprint density at radius 2 is 2.20 bits per heavy atom. The van der Waals surface area contributed by atoms with E-state index in [1.807, 2.05) is 0 Å². The fraction of sp³-hybridized carbons (Fsp3) is 0.231. The van der Waals surface area contributed by atoms with Gasteiger partial charge in [0.05, 0.1) is 6.04 Å². The number of carbonyl (C=O) groups is 2. The summed E-state index contributed by atoms with van der Waals surface area (Å²) in [6.45, 7) is 3.57. The lowest BCUT2D eigenvalue weighted by Crippen LogP contribution is -2.26. The second-order valence-electron chi connectivity index (χ2n) is 4.26. The number of carbonyl (C=O) groups excluding carboxylic acids is 1. The summed E-state index contributed by atoms with van der Waals surface area (Å²) < 4.78 is 0. The number of hydrogen-bond acceptors (Lipinski definition) is 5. The molecule has 7 heteroatoms. The van der Waals surface area contributed by atoms with Gasteiger partial charge in [-0.15, -0.1) is 11.3 Å². The zero-order chi connectivity index (χ0) is 14.7. The number of hydrogen-bond donors (Lipinski definition) is 2. The van der Waals surface area contributed by atoms with E-state index in [2.05, 4.69) is 15.3 Å². The maximum atomic E-state index is 12.0. The fourth-order valence-corrected chi connectivity index (χ4v) is 2.41. The highest BCUT2D eigenvalue weighted by atomic mass is 32.1. The lowest BCUT2D eigenvalue weighted by molar-refractivity contribution is 0.0691. The Morgan fingerprint density at radius 1 is 1.45 bits per heavy atom. The van der Waals surface area contributed by atoms with Crippen molar-refractivity contribution >= 4 is 23.2 Å². The van der Waals surface area contributed by atoms with E-state index in [4.69, 9.17) is 5.11 Å². The summed E-state index contributed by atoms with van der Waals surface area (Å²) in [5.74, 6) is -1.31. The van der Waals surface area contributed by atoms with Crippen LogP contribution in [0.1, 0.15) is 44.5 Å². The maximum Gasteiger partial charge on any atom is 0.355 e. The Bertz CT molecular complexity index is 654. The number of aromatic nitrogens is 2. The molecule has 2 aromatic heterocycles. The number of rotatable bonds is 4. The van der Waals surface area contributed by atoms with Crippen LogP contribution in [0, 0.1) is 6.92 Å². The molecule has 0 aliphatic heterocycles. The molecule has 0 aromatic carbocycles. The molecule has 0 saturated carbocycles. The minimum absolute atomic E-state index is 0.00847. The number of nitrogens with one attached hydrogen (secondary N) is 1. The first-order chi connectivity index (χ1) is 9.47. The van der Waals surface area contributed by atoms with Crippen LogP contribution in [0.5, 0.6) is 0 Å². The van der Waals surface area contributed by atoms with Gasteiger partial charge >= 0.3 is 5.97 Å². The first-order valence-corrected chi connectivity index (χ1v) is 6.77. The van der Waals surface area contributed by atoms with Crippen molar-refractivity contribution < 1.29 is 14.7 Å². The number of pyridine rings is 1. The van der Waals surface area contributed by atoms with Crippen LogP contribution in [-0.2, 0) is 0 Å². The van der Waals surface area contributed by atoms with E-state index in [1.54, 1.807) is 32.2 Å². The van der Waals surface area contributed by atoms with E-state index < -0.39 is 5.97 Å². The molecule has 2 rings (SSSR count). The first-order valence-electron chi connectivity index (χ1n) is 5.89. The quantitative estimate of drug-likeness (QED) is 0.899. The van der Waals surface area contributed by atoms with Crippen LogP contribution in [0.3, 0.4) is 0 Å². The van der Waals surface area contributed by atoms with Crippen LogP contribution in [0.15, 0.2) is 23.7 Å². The summed E-state index contributed by atoms with van der Waals surface area (Å²) >= 11 is 1.21. The second kappa shape index (κ2) is 5.79. The van der Waals surface area contributed by atoms with Gasteiger partial charge < -0.3 is 10.4 Å². The zero-order valence-electron chi connectivity index (χ0n) is 11.0. The van der Waals surface area contributed by atoms with Crippen molar-refractivity contribution in [1.29, 1.82) is 0 Å². The number of aryl methyl sites for hydroxylation is 1. The highest BCUT2D eigenvalue weighted by Crippen LogP contribution is 2.18. The normalized spacial score (nSPS) is 11.9. The Labute approximate surface area is 119 Å². The van der Waals surface area contributed by atoms with Gasteiger partial charge in [-0.3, -0.25) is 9.78 Å². The number of carboxylic acids is 1. The summed E-state index contributed by atoms with van der Waals surface area (Å²) in [6.07, 6.45) is 1.57. The van der Waals surface area contributed by atoms with Gasteiger partial charge in [0.25, 0.3) is 5.91 Å². The molecule has 0 aliphatic carbocycles. The molecular formula is C13H13N3O3S. The third kappa shape index (κ3) is 3.18. The van der Waals surface area contributed by atoms with Gasteiger partial charge in [-0.25, -0.2) is 9.78 Å². The Balaban J connectivity index is 2.08. The SMILES string of the molecule is Cc1cc(C(=O)NC(C)c2nc(C(=O)O)cs2)ccn1. The van der Waals surface area contributed by atoms with Gasteiger partial charge in [0.15, 0.2) is 5.69 Å². The molecule has 0 saturated heterocycles. The topological polar surface area (TPSA) is 92.2 Å². The summed E-state index contributed by atoms with van der Waals surface area (Å²) in [4.78, 5) is 30.8. The molecular weight excluding hydrogens is 278 g/mol. The molecule has 0 spiro atoms. The van der Waals surface area contributed by atoms with Gasteiger partial charge in [-0.05, 0) is 26.0 Å². The first kappa shape index (κ1) is 14.1. The Morgan fingerprint density at radius 3 is 2.80 bits per heavy atom. The molecule has 2 aromatic rings. The lowest BCUT2D eigenvalue weighted by atomic mass is 10.2. The van der Waals surface area contributed by atoms with Crippen molar-refractivity contribution in [3.8, 4) is 0 Å². The van der Waals surface area contributed by atoms with E-state index in [0.29, 0.717) is 10.6 Å². The molecule has 20 heavy (non-hydrogen) atoms. The second-order valence-corrected chi connectivity index (χ2v) is 5.15. The third-order valence-corrected chi connectivity index (χ3v) is 3.65. The predicted octanol–water partition coefficient (Wildman–Crippen LogP) is 2.04. The van der Waals surface area contributed by atoms with Gasteiger partial charge in [0.1, 0.15) is 5.01 Å². The van der Waals surface area contributed by atoms with Crippen LogP contribution < -0.4 is 5.32 Å². The molecule has 1 amide bonds.